The van der Waals surface area contributed by atoms with E-state index in [4.69, 9.17) is 4.74 Å². The molecule has 1 atom stereocenters. The molecule has 27 heavy (non-hydrogen) atoms. The SMILES string of the molecule is COC(=O)N[C@H](C)C(=O)N1CCOc2c(O)cc(-c3ccc(C)s3)cc2C1. The van der Waals surface area contributed by atoms with E-state index in [0.717, 1.165) is 16.0 Å². The number of hydrogen-bond donors (Lipinski definition) is 2. The number of carbonyl (C=O) groups excluding carboxylic acids is 2. The molecule has 8 heteroatoms. The number of hydrogen-bond acceptors (Lipinski definition) is 6. The number of phenolic OH excluding ortho intramolecular Hbond substituents is 1. The molecule has 1 aromatic carbocycles. The summed E-state index contributed by atoms with van der Waals surface area (Å²) >= 11 is 1.63. The molecule has 2 N–H and O–H groups in total. The van der Waals surface area contributed by atoms with Gasteiger partial charge in [0, 0.05) is 21.9 Å². The van der Waals surface area contributed by atoms with E-state index in [9.17, 15) is 14.7 Å². The van der Waals surface area contributed by atoms with Crippen LogP contribution >= 0.6 is 11.3 Å². The van der Waals surface area contributed by atoms with Gasteiger partial charge in [0.15, 0.2) is 11.5 Å². The molecule has 2 heterocycles. The number of aromatic hydroxyl groups is 1. The van der Waals surface area contributed by atoms with Gasteiger partial charge in [0.2, 0.25) is 5.91 Å². The number of phenols is 1. The maximum absolute atomic E-state index is 12.7. The number of benzene rings is 1. The van der Waals surface area contributed by atoms with E-state index in [1.807, 2.05) is 25.1 Å². The minimum absolute atomic E-state index is 0.0589. The first-order valence-corrected chi connectivity index (χ1v) is 9.39. The van der Waals surface area contributed by atoms with Crippen LogP contribution in [0.25, 0.3) is 10.4 Å². The highest BCUT2D eigenvalue weighted by Crippen LogP contribution is 2.39. The average Bonchev–Trinajstić information content (AvgIpc) is 2.95. The smallest absolute Gasteiger partial charge is 0.407 e. The molecule has 144 valence electrons. The lowest BCUT2D eigenvalue weighted by atomic mass is 10.1. The summed E-state index contributed by atoms with van der Waals surface area (Å²) in [6, 6.07) is 6.92. The Balaban J connectivity index is 1.86. The number of methoxy groups -OCH3 is 1. The van der Waals surface area contributed by atoms with Gasteiger partial charge in [-0.1, -0.05) is 0 Å². The minimum Gasteiger partial charge on any atom is -0.504 e. The standard InChI is InChI=1S/C19H22N2O5S/c1-11-4-5-16(27-11)13-8-14-10-21(6-7-26-17(14)15(22)9-13)18(23)12(2)20-19(24)25-3/h4-5,8-9,12,22H,6-7,10H2,1-3H3,(H,20,24)/t12-/m1/s1. The van der Waals surface area contributed by atoms with Crippen LogP contribution in [0.5, 0.6) is 11.5 Å². The number of nitrogens with zero attached hydrogens (tertiary/aromatic N) is 1. The third-order valence-corrected chi connectivity index (χ3v) is 5.39. The number of nitrogens with one attached hydrogen (secondary N) is 1. The highest BCUT2D eigenvalue weighted by atomic mass is 32.1. The van der Waals surface area contributed by atoms with Gasteiger partial charge in [0.25, 0.3) is 0 Å². The molecule has 1 aromatic heterocycles. The van der Waals surface area contributed by atoms with Crippen molar-refractivity contribution in [3.63, 3.8) is 0 Å². The van der Waals surface area contributed by atoms with Crippen LogP contribution in [0.4, 0.5) is 4.79 Å². The van der Waals surface area contributed by atoms with Crippen LogP contribution in [0, 0.1) is 6.92 Å². The van der Waals surface area contributed by atoms with E-state index >= 15 is 0 Å². The third-order valence-electron chi connectivity index (χ3n) is 4.34. The molecule has 2 amide bonds. The highest BCUT2D eigenvalue weighted by Gasteiger charge is 2.27. The van der Waals surface area contributed by atoms with Gasteiger partial charge in [-0.05, 0) is 43.7 Å². The normalized spacial score (nSPS) is 14.6. The van der Waals surface area contributed by atoms with E-state index in [0.29, 0.717) is 12.3 Å². The second-order valence-electron chi connectivity index (χ2n) is 6.36. The molecule has 0 fully saturated rings. The Kier molecular flexibility index (Phi) is 5.55. The largest absolute Gasteiger partial charge is 0.504 e. The van der Waals surface area contributed by atoms with Crippen molar-refractivity contribution in [1.82, 2.24) is 10.2 Å². The number of carbonyl (C=O) groups is 2. The molecule has 3 rings (SSSR count). The summed E-state index contributed by atoms with van der Waals surface area (Å²) in [6.45, 7) is 4.53. The summed E-state index contributed by atoms with van der Waals surface area (Å²) in [5.74, 6) is 0.216. The molecule has 2 aromatic rings. The summed E-state index contributed by atoms with van der Waals surface area (Å²) in [5.41, 5.74) is 1.61. The van der Waals surface area contributed by atoms with Crippen molar-refractivity contribution < 1.29 is 24.2 Å². The summed E-state index contributed by atoms with van der Waals surface area (Å²) in [6.07, 6.45) is -0.657. The second kappa shape index (κ2) is 7.87. The van der Waals surface area contributed by atoms with Gasteiger partial charge >= 0.3 is 6.09 Å². The molecule has 0 spiro atoms. The van der Waals surface area contributed by atoms with Crippen molar-refractivity contribution in [2.45, 2.75) is 26.4 Å². The van der Waals surface area contributed by atoms with Crippen molar-refractivity contribution in [2.24, 2.45) is 0 Å². The predicted octanol–water partition coefficient (Wildman–Crippen LogP) is 2.89. The molecule has 1 aliphatic rings. The molecular formula is C19H22N2O5S. The van der Waals surface area contributed by atoms with E-state index < -0.39 is 12.1 Å². The van der Waals surface area contributed by atoms with E-state index in [-0.39, 0.29) is 24.8 Å². The predicted molar refractivity (Wildman–Crippen MR) is 102 cm³/mol. The van der Waals surface area contributed by atoms with Crippen LogP contribution in [0.15, 0.2) is 24.3 Å². The van der Waals surface area contributed by atoms with E-state index in [1.165, 1.54) is 12.0 Å². The maximum Gasteiger partial charge on any atom is 0.407 e. The van der Waals surface area contributed by atoms with Crippen molar-refractivity contribution in [3.8, 4) is 21.9 Å². The Morgan fingerprint density at radius 2 is 2.15 bits per heavy atom. The quantitative estimate of drug-likeness (QED) is 0.841. The Labute approximate surface area is 161 Å². The maximum atomic E-state index is 12.7. The zero-order valence-electron chi connectivity index (χ0n) is 15.4. The van der Waals surface area contributed by atoms with Crippen LogP contribution in [-0.4, -0.2) is 48.3 Å². The number of ether oxygens (including phenoxy) is 2. The molecule has 0 unspecified atom stereocenters. The number of fused-ring (bicyclic) bond motifs is 1. The topological polar surface area (TPSA) is 88.1 Å². The van der Waals surface area contributed by atoms with Gasteiger partial charge in [-0.2, -0.15) is 0 Å². The number of alkyl carbamates (subject to hydrolysis) is 1. The average molecular weight is 390 g/mol. The van der Waals surface area contributed by atoms with Crippen molar-refractivity contribution >= 4 is 23.3 Å². The zero-order valence-corrected chi connectivity index (χ0v) is 16.3. The van der Waals surface area contributed by atoms with Crippen molar-refractivity contribution in [1.29, 1.82) is 0 Å². The minimum atomic E-state index is -0.726. The fraction of sp³-hybridized carbons (Fsp3) is 0.368. The Morgan fingerprint density at radius 3 is 2.81 bits per heavy atom. The van der Waals surface area contributed by atoms with Gasteiger partial charge in [0.05, 0.1) is 13.7 Å². The van der Waals surface area contributed by atoms with E-state index in [1.54, 1.807) is 29.2 Å². The first-order chi connectivity index (χ1) is 12.9. The summed E-state index contributed by atoms with van der Waals surface area (Å²) in [4.78, 5) is 27.9. The van der Waals surface area contributed by atoms with Gasteiger partial charge in [0.1, 0.15) is 12.6 Å². The molecule has 1 aliphatic heterocycles. The van der Waals surface area contributed by atoms with Crippen molar-refractivity contribution in [2.75, 3.05) is 20.3 Å². The molecule has 0 saturated carbocycles. The molecule has 7 nitrogen and oxygen atoms in total. The zero-order chi connectivity index (χ0) is 19.6. The van der Waals surface area contributed by atoms with Crippen LogP contribution in [0.3, 0.4) is 0 Å². The fourth-order valence-electron chi connectivity index (χ4n) is 2.99. The lowest BCUT2D eigenvalue weighted by Crippen LogP contribution is -2.47. The Morgan fingerprint density at radius 1 is 1.37 bits per heavy atom. The van der Waals surface area contributed by atoms with Crippen LogP contribution in [0.2, 0.25) is 0 Å². The monoisotopic (exact) mass is 390 g/mol. The number of aryl methyl sites for hydroxylation is 1. The molecular weight excluding hydrogens is 368 g/mol. The fourth-order valence-corrected chi connectivity index (χ4v) is 3.85. The molecule has 0 aliphatic carbocycles. The van der Waals surface area contributed by atoms with Gasteiger partial charge in [-0.3, -0.25) is 4.79 Å². The van der Waals surface area contributed by atoms with Gasteiger partial charge in [-0.15, -0.1) is 11.3 Å². The van der Waals surface area contributed by atoms with Crippen LogP contribution in [0.1, 0.15) is 17.4 Å². The van der Waals surface area contributed by atoms with Crippen LogP contribution < -0.4 is 10.1 Å². The van der Waals surface area contributed by atoms with E-state index in [2.05, 4.69) is 10.1 Å². The lowest BCUT2D eigenvalue weighted by Gasteiger charge is -2.24. The number of thiophene rings is 1. The Bertz CT molecular complexity index is 864. The summed E-state index contributed by atoms with van der Waals surface area (Å²) < 4.78 is 10.2. The molecule has 0 saturated heterocycles. The number of rotatable bonds is 3. The summed E-state index contributed by atoms with van der Waals surface area (Å²) in [5, 5.41) is 12.9. The number of amides is 2. The van der Waals surface area contributed by atoms with Gasteiger partial charge < -0.3 is 24.8 Å². The third kappa shape index (κ3) is 4.16. The molecule has 0 radical (unpaired) electrons. The summed E-state index contributed by atoms with van der Waals surface area (Å²) in [7, 11) is 1.25. The first kappa shape index (κ1) is 19.0. The highest BCUT2D eigenvalue weighted by molar-refractivity contribution is 7.15. The lowest BCUT2D eigenvalue weighted by molar-refractivity contribution is -0.133. The van der Waals surface area contributed by atoms with Crippen LogP contribution in [-0.2, 0) is 16.1 Å². The second-order valence-corrected chi connectivity index (χ2v) is 7.65. The Hall–Kier alpha value is -2.74. The van der Waals surface area contributed by atoms with Gasteiger partial charge in [-0.25, -0.2) is 4.79 Å². The molecule has 0 bridgehead atoms. The van der Waals surface area contributed by atoms with Crippen molar-refractivity contribution in [3.05, 3.63) is 34.7 Å². The first-order valence-electron chi connectivity index (χ1n) is 8.57.